The monoisotopic (exact) mass is 331 g/mol. The second kappa shape index (κ2) is 5.41. The molecule has 0 saturated heterocycles. The number of hydrogen-bond acceptors (Lipinski definition) is 4. The molecule has 0 unspecified atom stereocenters. The molecule has 3 heterocycles. The predicted molar refractivity (Wildman–Crippen MR) is 94.0 cm³/mol. The van der Waals surface area contributed by atoms with Crippen molar-refractivity contribution in [3.63, 3.8) is 0 Å². The fourth-order valence-corrected chi connectivity index (χ4v) is 5.27. The lowest BCUT2D eigenvalue weighted by Crippen LogP contribution is -2.40. The van der Waals surface area contributed by atoms with Gasteiger partial charge in [0.05, 0.1) is 11.4 Å². The molecule has 1 aromatic carbocycles. The van der Waals surface area contributed by atoms with E-state index < -0.39 is 5.72 Å². The molecule has 0 spiro atoms. The van der Waals surface area contributed by atoms with Crippen molar-refractivity contribution in [2.45, 2.75) is 19.1 Å². The fraction of sp³-hybridized carbons (Fsp3) is 0.353. The lowest BCUT2D eigenvalue weighted by molar-refractivity contribution is -0.655. The van der Waals surface area contributed by atoms with Crippen molar-refractivity contribution in [1.82, 2.24) is 0 Å². The van der Waals surface area contributed by atoms with Crippen LogP contribution in [0.25, 0.3) is 0 Å². The molecule has 0 radical (unpaired) electrons. The van der Waals surface area contributed by atoms with Crippen molar-refractivity contribution in [2.75, 3.05) is 23.7 Å². The summed E-state index contributed by atoms with van der Waals surface area (Å²) in [7, 11) is 0. The Labute approximate surface area is 138 Å². The Morgan fingerprint density at radius 1 is 1.23 bits per heavy atom. The summed E-state index contributed by atoms with van der Waals surface area (Å²) >= 11 is 3.49. The smallest absolute Gasteiger partial charge is 0.316 e. The maximum atomic E-state index is 11.4. The summed E-state index contributed by atoms with van der Waals surface area (Å²) in [5.41, 5.74) is 1.54. The van der Waals surface area contributed by atoms with Crippen LogP contribution in [0.1, 0.15) is 16.9 Å². The Hall–Kier alpha value is -1.30. The first kappa shape index (κ1) is 14.3. The van der Waals surface area contributed by atoms with Gasteiger partial charge in [-0.05, 0) is 48.2 Å². The third kappa shape index (κ3) is 2.11. The lowest BCUT2D eigenvalue weighted by atomic mass is 10.1. The van der Waals surface area contributed by atoms with Gasteiger partial charge in [-0.3, -0.25) is 0 Å². The van der Waals surface area contributed by atoms with Crippen LogP contribution < -0.4 is 4.90 Å². The maximum absolute atomic E-state index is 11.4. The zero-order valence-corrected chi connectivity index (χ0v) is 14.2. The zero-order valence-electron chi connectivity index (χ0n) is 12.5. The second-order valence-corrected chi connectivity index (χ2v) is 7.81. The van der Waals surface area contributed by atoms with E-state index >= 15 is 0 Å². The molecule has 5 heteroatoms. The molecule has 1 atom stereocenters. The Bertz CT molecular complexity index is 726. The van der Waals surface area contributed by atoms with Crippen LogP contribution >= 0.6 is 23.1 Å². The normalized spacial score (nSPS) is 24.7. The first-order chi connectivity index (χ1) is 10.7. The van der Waals surface area contributed by atoms with E-state index in [-0.39, 0.29) is 0 Å². The number of anilines is 1. The van der Waals surface area contributed by atoms with Gasteiger partial charge in [-0.15, -0.1) is 11.3 Å². The van der Waals surface area contributed by atoms with Crippen LogP contribution in [0.2, 0.25) is 0 Å². The number of nitrogens with zero attached hydrogens (tertiary/aromatic N) is 2. The van der Waals surface area contributed by atoms with E-state index in [9.17, 15) is 5.11 Å². The molecular formula is C17H19N2OS2+. The van der Waals surface area contributed by atoms with E-state index in [1.165, 1.54) is 16.4 Å². The third-order valence-corrected chi connectivity index (χ3v) is 6.57. The molecule has 4 rings (SSSR count). The Morgan fingerprint density at radius 3 is 2.86 bits per heavy atom. The third-order valence-electron chi connectivity index (χ3n) is 4.37. The van der Waals surface area contributed by atoms with E-state index in [1.807, 2.05) is 29.3 Å². The largest absolute Gasteiger partial charge is 0.346 e. The van der Waals surface area contributed by atoms with Crippen molar-refractivity contribution in [3.8, 4) is 0 Å². The summed E-state index contributed by atoms with van der Waals surface area (Å²) in [5.74, 6) is 1.12. The molecule has 2 aliphatic rings. The number of thiophene rings is 1. The number of rotatable bonds is 2. The molecule has 0 amide bonds. The SMILES string of the molecule is Cc1ccccc1N1C[C@@](O)(c2cccs2)[N+]2=C1SCCC2. The molecule has 0 bridgehead atoms. The molecule has 0 aliphatic carbocycles. The van der Waals surface area contributed by atoms with Crippen molar-refractivity contribution >= 4 is 34.0 Å². The van der Waals surface area contributed by atoms with Crippen molar-refractivity contribution in [3.05, 3.63) is 52.2 Å². The molecule has 1 N–H and O–H groups in total. The van der Waals surface area contributed by atoms with Gasteiger partial charge in [0.15, 0.2) is 6.54 Å². The first-order valence-electron chi connectivity index (χ1n) is 7.57. The predicted octanol–water partition coefficient (Wildman–Crippen LogP) is 3.23. The van der Waals surface area contributed by atoms with Gasteiger partial charge in [0.2, 0.25) is 0 Å². The van der Waals surface area contributed by atoms with Crippen LogP contribution in [0.3, 0.4) is 0 Å². The van der Waals surface area contributed by atoms with Crippen LogP contribution in [0.15, 0.2) is 41.8 Å². The molecule has 3 nitrogen and oxygen atoms in total. The van der Waals surface area contributed by atoms with Crippen LogP contribution in [0, 0.1) is 6.92 Å². The number of hydrogen-bond donors (Lipinski definition) is 1. The Kier molecular flexibility index (Phi) is 3.51. The van der Waals surface area contributed by atoms with E-state index in [1.54, 1.807) is 11.3 Å². The number of benzene rings is 1. The summed E-state index contributed by atoms with van der Waals surface area (Å²) in [6.07, 6.45) is 1.11. The van der Waals surface area contributed by atoms with E-state index in [0.29, 0.717) is 6.54 Å². The number of aliphatic hydroxyl groups is 1. The number of amidine groups is 1. The van der Waals surface area contributed by atoms with Crippen LogP contribution in [0.5, 0.6) is 0 Å². The average Bonchev–Trinajstić information content (AvgIpc) is 3.16. The van der Waals surface area contributed by atoms with Crippen molar-refractivity contribution in [1.29, 1.82) is 0 Å². The van der Waals surface area contributed by atoms with Gasteiger partial charge in [0, 0.05) is 5.75 Å². The number of thioether (sulfide) groups is 1. The maximum Gasteiger partial charge on any atom is 0.316 e. The number of para-hydroxylation sites is 1. The van der Waals surface area contributed by atoms with Crippen molar-refractivity contribution < 1.29 is 9.68 Å². The summed E-state index contributed by atoms with van der Waals surface area (Å²) in [6, 6.07) is 12.5. The Balaban J connectivity index is 1.83. The summed E-state index contributed by atoms with van der Waals surface area (Å²) in [4.78, 5) is 3.32. The highest BCUT2D eigenvalue weighted by Gasteiger charge is 2.54. The standard InChI is InChI=1S/C17H19N2OS2/c1-13-6-2-3-7-14(13)18-12-17(20,15-8-4-10-21-15)19-9-5-11-22-16(18)19/h2-4,6-8,10,20H,5,9,11-12H2,1H3/q+1/t17-/m1/s1. The minimum Gasteiger partial charge on any atom is -0.346 e. The van der Waals surface area contributed by atoms with Gasteiger partial charge in [-0.2, -0.15) is 0 Å². The molecular weight excluding hydrogens is 312 g/mol. The molecule has 0 fully saturated rings. The van der Waals surface area contributed by atoms with Gasteiger partial charge in [0.1, 0.15) is 5.69 Å². The first-order valence-corrected chi connectivity index (χ1v) is 9.43. The molecule has 2 aliphatic heterocycles. The highest BCUT2D eigenvalue weighted by molar-refractivity contribution is 8.13. The number of β-amino-alcohol motifs (C(OH)–C–C–N with tert-alkyl or cyclic N) is 1. The summed E-state index contributed by atoms with van der Waals surface area (Å²) in [6.45, 7) is 3.65. The van der Waals surface area contributed by atoms with Crippen molar-refractivity contribution in [2.24, 2.45) is 0 Å². The van der Waals surface area contributed by atoms with Gasteiger partial charge in [-0.1, -0.05) is 24.3 Å². The fourth-order valence-electron chi connectivity index (χ4n) is 3.27. The lowest BCUT2D eigenvalue weighted by Gasteiger charge is -2.22. The van der Waals surface area contributed by atoms with E-state index in [0.717, 1.165) is 23.6 Å². The summed E-state index contributed by atoms with van der Waals surface area (Å²) < 4.78 is 2.19. The molecule has 2 aromatic rings. The van der Waals surface area contributed by atoms with Gasteiger partial charge in [-0.25, -0.2) is 9.48 Å². The minimum absolute atomic E-state index is 0.598. The number of aryl methyl sites for hydroxylation is 1. The van der Waals surface area contributed by atoms with Crippen LogP contribution in [0.4, 0.5) is 5.69 Å². The Morgan fingerprint density at radius 2 is 2.09 bits per heavy atom. The molecule has 22 heavy (non-hydrogen) atoms. The topological polar surface area (TPSA) is 26.5 Å². The highest BCUT2D eigenvalue weighted by Crippen LogP contribution is 2.39. The molecule has 114 valence electrons. The summed E-state index contributed by atoms with van der Waals surface area (Å²) in [5, 5.41) is 14.7. The van der Waals surface area contributed by atoms with E-state index in [4.69, 9.17) is 0 Å². The quantitative estimate of drug-likeness (QED) is 0.856. The van der Waals surface area contributed by atoms with E-state index in [2.05, 4.69) is 40.7 Å². The van der Waals surface area contributed by atoms with Gasteiger partial charge >= 0.3 is 5.17 Å². The zero-order chi connectivity index (χ0) is 15.2. The second-order valence-electron chi connectivity index (χ2n) is 5.80. The average molecular weight is 331 g/mol. The van der Waals surface area contributed by atoms with Crippen LogP contribution in [-0.2, 0) is 5.72 Å². The van der Waals surface area contributed by atoms with Gasteiger partial charge in [0.25, 0.3) is 5.72 Å². The van der Waals surface area contributed by atoms with Gasteiger partial charge < -0.3 is 5.11 Å². The highest BCUT2D eigenvalue weighted by atomic mass is 32.2. The molecule has 0 saturated carbocycles. The van der Waals surface area contributed by atoms with Crippen LogP contribution in [-0.4, -0.2) is 33.7 Å². The minimum atomic E-state index is -0.904. The molecule has 1 aromatic heterocycles.